The zero-order valence-electron chi connectivity index (χ0n) is 14.1. The fourth-order valence-electron chi connectivity index (χ4n) is 4.23. The van der Waals surface area contributed by atoms with Gasteiger partial charge in [-0.25, -0.2) is 0 Å². The van der Waals surface area contributed by atoms with E-state index >= 15 is 0 Å². The lowest BCUT2D eigenvalue weighted by Crippen LogP contribution is -2.37. The highest BCUT2D eigenvalue weighted by Gasteiger charge is 2.54. The number of rotatable bonds is 12. The Bertz CT molecular complexity index is 287. The predicted octanol–water partition coefficient (Wildman–Crippen LogP) is 1.28. The Labute approximate surface area is 135 Å². The van der Waals surface area contributed by atoms with Crippen molar-refractivity contribution in [3.05, 3.63) is 0 Å². The first-order chi connectivity index (χ1) is 10.6. The molecular formula is C17H36N4O. The minimum atomic E-state index is -0.193. The van der Waals surface area contributed by atoms with E-state index in [4.69, 9.17) is 22.9 Å². The summed E-state index contributed by atoms with van der Waals surface area (Å²) >= 11 is 0. The molecule has 0 heterocycles. The molecule has 1 rings (SSSR count). The zero-order valence-corrected chi connectivity index (χ0v) is 14.1. The third-order valence-electron chi connectivity index (χ3n) is 5.48. The molecule has 0 unspecified atom stereocenters. The molecule has 1 saturated carbocycles. The van der Waals surface area contributed by atoms with Gasteiger partial charge in [0, 0.05) is 10.8 Å². The van der Waals surface area contributed by atoms with Gasteiger partial charge in [-0.05, 0) is 90.4 Å². The Hall–Kier alpha value is -0.490. The number of ketones is 1. The molecule has 1 fully saturated rings. The van der Waals surface area contributed by atoms with Gasteiger partial charge in [-0.1, -0.05) is 0 Å². The Morgan fingerprint density at radius 2 is 0.909 bits per heavy atom. The quantitative estimate of drug-likeness (QED) is 0.432. The monoisotopic (exact) mass is 312 g/mol. The van der Waals surface area contributed by atoms with Gasteiger partial charge < -0.3 is 22.9 Å². The molecule has 130 valence electrons. The van der Waals surface area contributed by atoms with Crippen LogP contribution in [0.2, 0.25) is 0 Å². The number of carbonyl (C=O) groups excluding carboxylic acids is 1. The van der Waals surface area contributed by atoms with Gasteiger partial charge in [-0.2, -0.15) is 0 Å². The van der Waals surface area contributed by atoms with E-state index in [9.17, 15) is 4.79 Å². The third-order valence-corrected chi connectivity index (χ3v) is 5.48. The molecule has 0 aromatic rings. The van der Waals surface area contributed by atoms with Crippen molar-refractivity contribution in [1.29, 1.82) is 0 Å². The molecule has 0 aromatic heterocycles. The number of hydrogen-bond acceptors (Lipinski definition) is 5. The molecule has 0 aromatic carbocycles. The topological polar surface area (TPSA) is 121 Å². The van der Waals surface area contributed by atoms with Crippen molar-refractivity contribution in [2.45, 2.75) is 64.2 Å². The van der Waals surface area contributed by atoms with Crippen LogP contribution in [-0.4, -0.2) is 32.0 Å². The van der Waals surface area contributed by atoms with Crippen molar-refractivity contribution < 1.29 is 4.79 Å². The normalized spacial score (nSPS) is 19.7. The van der Waals surface area contributed by atoms with Gasteiger partial charge in [0.25, 0.3) is 0 Å². The van der Waals surface area contributed by atoms with Gasteiger partial charge in [-0.15, -0.1) is 0 Å². The molecule has 5 heteroatoms. The fourth-order valence-corrected chi connectivity index (χ4v) is 4.23. The molecule has 0 aliphatic heterocycles. The zero-order chi connectivity index (χ0) is 16.5. The Balaban J connectivity index is 2.93. The Morgan fingerprint density at radius 3 is 1.14 bits per heavy atom. The highest BCUT2D eigenvalue weighted by Crippen LogP contribution is 2.55. The molecule has 0 radical (unpaired) electrons. The summed E-state index contributed by atoms with van der Waals surface area (Å²) in [4.78, 5) is 13.4. The molecule has 1 aliphatic carbocycles. The van der Waals surface area contributed by atoms with Gasteiger partial charge in [0.1, 0.15) is 5.78 Å². The summed E-state index contributed by atoms with van der Waals surface area (Å²) in [6, 6.07) is 0. The Kier molecular flexibility index (Phi) is 8.54. The molecule has 0 atom stereocenters. The van der Waals surface area contributed by atoms with Gasteiger partial charge in [-0.3, -0.25) is 4.79 Å². The van der Waals surface area contributed by atoms with E-state index in [-0.39, 0.29) is 10.8 Å². The molecule has 0 saturated heterocycles. The van der Waals surface area contributed by atoms with Gasteiger partial charge in [0.15, 0.2) is 0 Å². The Morgan fingerprint density at radius 1 is 0.636 bits per heavy atom. The minimum absolute atomic E-state index is 0.193. The van der Waals surface area contributed by atoms with Gasteiger partial charge >= 0.3 is 0 Å². The first-order valence-electron chi connectivity index (χ1n) is 8.96. The fraction of sp³-hybridized carbons (Fsp3) is 0.941. The van der Waals surface area contributed by atoms with Crippen LogP contribution in [0, 0.1) is 10.8 Å². The van der Waals surface area contributed by atoms with Crippen molar-refractivity contribution in [3.8, 4) is 0 Å². The summed E-state index contributed by atoms with van der Waals surface area (Å²) in [5.74, 6) is 0.462. The molecule has 0 spiro atoms. The molecule has 1 aliphatic rings. The van der Waals surface area contributed by atoms with Gasteiger partial charge in [0.05, 0.1) is 0 Å². The highest BCUT2D eigenvalue weighted by atomic mass is 16.1. The van der Waals surface area contributed by atoms with Crippen LogP contribution < -0.4 is 22.9 Å². The summed E-state index contributed by atoms with van der Waals surface area (Å²) < 4.78 is 0. The van der Waals surface area contributed by atoms with Crippen LogP contribution in [0.4, 0.5) is 0 Å². The minimum Gasteiger partial charge on any atom is -0.330 e. The molecule has 5 nitrogen and oxygen atoms in total. The molecular weight excluding hydrogens is 276 g/mol. The summed E-state index contributed by atoms with van der Waals surface area (Å²) in [5.41, 5.74) is 22.4. The van der Waals surface area contributed by atoms with Crippen LogP contribution in [0.5, 0.6) is 0 Å². The molecule has 22 heavy (non-hydrogen) atoms. The van der Waals surface area contributed by atoms with E-state index in [2.05, 4.69) is 0 Å². The lowest BCUT2D eigenvalue weighted by molar-refractivity contribution is -0.135. The maximum atomic E-state index is 13.4. The van der Waals surface area contributed by atoms with Crippen molar-refractivity contribution >= 4 is 5.78 Å². The third kappa shape index (κ3) is 4.51. The molecule has 0 amide bonds. The number of nitrogens with two attached hydrogens (primary N) is 4. The smallest absolute Gasteiger partial charge is 0.145 e. The number of carbonyl (C=O) groups is 1. The van der Waals surface area contributed by atoms with Crippen LogP contribution >= 0.6 is 0 Å². The standard InChI is InChI=1S/C17H36N4O/c18-11-1-5-16(6-2-12-19)9-10-17(15(16)22,7-3-13-20)8-4-14-21/h1-14,18-21H2. The van der Waals surface area contributed by atoms with Gasteiger partial charge in [0.2, 0.25) is 0 Å². The second-order valence-corrected chi connectivity index (χ2v) is 6.96. The van der Waals surface area contributed by atoms with Crippen molar-refractivity contribution in [3.63, 3.8) is 0 Å². The average molecular weight is 313 g/mol. The van der Waals surface area contributed by atoms with Crippen LogP contribution in [-0.2, 0) is 4.79 Å². The summed E-state index contributed by atoms with van der Waals surface area (Å²) in [5, 5.41) is 0. The highest BCUT2D eigenvalue weighted by molar-refractivity contribution is 5.92. The maximum absolute atomic E-state index is 13.4. The second-order valence-electron chi connectivity index (χ2n) is 6.96. The lowest BCUT2D eigenvalue weighted by atomic mass is 9.69. The molecule has 8 N–H and O–H groups in total. The maximum Gasteiger partial charge on any atom is 0.145 e. The first-order valence-corrected chi connectivity index (χ1v) is 8.96. The van der Waals surface area contributed by atoms with Crippen LogP contribution in [0.15, 0.2) is 0 Å². The largest absolute Gasteiger partial charge is 0.330 e. The van der Waals surface area contributed by atoms with Crippen LogP contribution in [0.1, 0.15) is 64.2 Å². The number of hydrogen-bond donors (Lipinski definition) is 4. The van der Waals surface area contributed by atoms with E-state index in [1.807, 2.05) is 0 Å². The molecule has 0 bridgehead atoms. The van der Waals surface area contributed by atoms with E-state index in [1.165, 1.54) is 0 Å². The summed E-state index contributed by atoms with van der Waals surface area (Å²) in [6.45, 7) is 2.60. The second kappa shape index (κ2) is 9.60. The summed E-state index contributed by atoms with van der Waals surface area (Å²) in [7, 11) is 0. The van der Waals surface area contributed by atoms with Crippen molar-refractivity contribution in [2.75, 3.05) is 26.2 Å². The average Bonchev–Trinajstić information content (AvgIpc) is 2.81. The lowest BCUT2D eigenvalue weighted by Gasteiger charge is -2.33. The van der Waals surface area contributed by atoms with E-state index in [0.29, 0.717) is 32.0 Å². The SMILES string of the molecule is NCCCC1(CCCN)CCC(CCCN)(CCCN)C1=O. The predicted molar refractivity (Wildman–Crippen MR) is 92.3 cm³/mol. The number of Topliss-reactive ketones (excluding diaryl/α,β-unsaturated/α-hetero) is 1. The van der Waals surface area contributed by atoms with Crippen LogP contribution in [0.25, 0.3) is 0 Å². The van der Waals surface area contributed by atoms with E-state index < -0.39 is 0 Å². The van der Waals surface area contributed by atoms with E-state index in [1.54, 1.807) is 0 Å². The summed E-state index contributed by atoms with van der Waals surface area (Å²) in [6.07, 6.45) is 9.29. The van der Waals surface area contributed by atoms with Crippen LogP contribution in [0.3, 0.4) is 0 Å². The van der Waals surface area contributed by atoms with Crippen molar-refractivity contribution in [1.82, 2.24) is 0 Å². The first kappa shape index (κ1) is 19.6. The van der Waals surface area contributed by atoms with Crippen molar-refractivity contribution in [2.24, 2.45) is 33.8 Å². The van der Waals surface area contributed by atoms with E-state index in [0.717, 1.165) is 64.2 Å².